The number of hydrogen-bond acceptors (Lipinski definition) is 5. The monoisotopic (exact) mass is 306 g/mol. The molecule has 0 saturated carbocycles. The number of hydrogen-bond donors (Lipinski definition) is 2. The van der Waals surface area contributed by atoms with Crippen molar-refractivity contribution in [1.82, 2.24) is 4.98 Å². The molecule has 0 aliphatic heterocycles. The van der Waals surface area contributed by atoms with Crippen LogP contribution >= 0.6 is 22.7 Å². The van der Waals surface area contributed by atoms with E-state index in [2.05, 4.69) is 22.1 Å². The van der Waals surface area contributed by atoms with Gasteiger partial charge >= 0.3 is 0 Å². The first-order chi connectivity index (χ1) is 9.60. The lowest BCUT2D eigenvalue weighted by atomic mass is 10.3. The second-order valence-corrected chi connectivity index (χ2v) is 6.40. The molecule has 2 N–H and O–H groups in total. The van der Waals surface area contributed by atoms with Gasteiger partial charge in [-0.1, -0.05) is 23.2 Å². The maximum absolute atomic E-state index is 12.0. The minimum atomic E-state index is -0.143. The quantitative estimate of drug-likeness (QED) is 0.857. The maximum atomic E-state index is 12.0. The van der Waals surface area contributed by atoms with Crippen LogP contribution in [0.2, 0.25) is 0 Å². The molecule has 2 aromatic heterocycles. The Bertz CT molecular complexity index is 657. The molecule has 0 atom stereocenters. The van der Waals surface area contributed by atoms with Crippen molar-refractivity contribution in [1.29, 1.82) is 0 Å². The van der Waals surface area contributed by atoms with E-state index in [0.29, 0.717) is 16.4 Å². The van der Waals surface area contributed by atoms with Crippen molar-refractivity contribution in [2.24, 2.45) is 0 Å². The molecule has 20 heavy (non-hydrogen) atoms. The lowest BCUT2D eigenvalue weighted by Gasteiger charge is -1.97. The van der Waals surface area contributed by atoms with Crippen molar-refractivity contribution in [3.63, 3.8) is 0 Å². The van der Waals surface area contributed by atoms with Crippen molar-refractivity contribution in [2.45, 2.75) is 20.3 Å². The molecule has 0 aliphatic rings. The Morgan fingerprint density at radius 2 is 2.25 bits per heavy atom. The molecule has 0 unspecified atom stereocenters. The highest BCUT2D eigenvalue weighted by atomic mass is 32.1. The van der Waals surface area contributed by atoms with Crippen LogP contribution in [0.5, 0.6) is 0 Å². The zero-order valence-corrected chi connectivity index (χ0v) is 12.8. The molecule has 2 heterocycles. The van der Waals surface area contributed by atoms with Gasteiger partial charge < -0.3 is 5.11 Å². The van der Waals surface area contributed by atoms with E-state index in [-0.39, 0.29) is 12.5 Å². The number of aromatic nitrogens is 1. The van der Waals surface area contributed by atoms with Gasteiger partial charge in [-0.15, -0.1) is 11.3 Å². The Hall–Kier alpha value is -1.68. The van der Waals surface area contributed by atoms with Crippen molar-refractivity contribution in [3.8, 4) is 11.8 Å². The number of nitrogens with one attached hydrogen (secondary N) is 1. The van der Waals surface area contributed by atoms with Gasteiger partial charge in [0.1, 0.15) is 0 Å². The van der Waals surface area contributed by atoms with Crippen LogP contribution in [0.4, 0.5) is 5.13 Å². The number of rotatable bonds is 3. The first-order valence-electron chi connectivity index (χ1n) is 6.04. The molecular weight excluding hydrogens is 292 g/mol. The third kappa shape index (κ3) is 3.67. The number of anilines is 1. The van der Waals surface area contributed by atoms with Gasteiger partial charge in [0, 0.05) is 11.3 Å². The van der Waals surface area contributed by atoms with E-state index >= 15 is 0 Å². The zero-order chi connectivity index (χ0) is 14.5. The van der Waals surface area contributed by atoms with Gasteiger partial charge in [-0.2, -0.15) is 0 Å². The molecule has 0 saturated heterocycles. The van der Waals surface area contributed by atoms with Crippen molar-refractivity contribution >= 4 is 33.7 Å². The molecule has 6 heteroatoms. The molecule has 0 fully saturated rings. The maximum Gasteiger partial charge on any atom is 0.267 e. The molecule has 4 nitrogen and oxygen atoms in total. The summed E-state index contributed by atoms with van der Waals surface area (Å²) in [6.45, 7) is 4.03. The SMILES string of the molecule is Cc1cc(C(=O)Nc2ncc(C#CCCO)s2)sc1C. The largest absolute Gasteiger partial charge is 0.395 e. The number of carbonyl (C=O) groups excluding carboxylic acids is 1. The van der Waals surface area contributed by atoms with E-state index in [1.54, 1.807) is 6.20 Å². The Kier molecular flexibility index (Phi) is 4.90. The van der Waals surface area contributed by atoms with Crippen LogP contribution in [0.3, 0.4) is 0 Å². The fourth-order valence-electron chi connectivity index (χ4n) is 1.44. The summed E-state index contributed by atoms with van der Waals surface area (Å²) in [5, 5.41) is 12.0. The molecule has 1 amide bonds. The molecule has 2 aromatic rings. The smallest absolute Gasteiger partial charge is 0.267 e. The second-order valence-electron chi connectivity index (χ2n) is 4.11. The molecule has 104 valence electrons. The third-order valence-corrected chi connectivity index (χ3v) is 4.54. The number of carbonyl (C=O) groups is 1. The predicted molar refractivity (Wildman–Crippen MR) is 82.4 cm³/mol. The van der Waals surface area contributed by atoms with E-state index in [0.717, 1.165) is 15.3 Å². The zero-order valence-electron chi connectivity index (χ0n) is 11.2. The third-order valence-electron chi connectivity index (χ3n) is 2.56. The minimum Gasteiger partial charge on any atom is -0.395 e. The van der Waals surface area contributed by atoms with Crippen LogP contribution in [0, 0.1) is 25.7 Å². The van der Waals surface area contributed by atoms with Crippen LogP contribution in [-0.2, 0) is 0 Å². The normalized spacial score (nSPS) is 9.95. The predicted octanol–water partition coefficient (Wildman–Crippen LogP) is 2.81. The number of amides is 1. The molecule has 0 aromatic carbocycles. The lowest BCUT2D eigenvalue weighted by molar-refractivity contribution is 0.103. The van der Waals surface area contributed by atoms with Crippen LogP contribution in [-0.4, -0.2) is 22.6 Å². The van der Waals surface area contributed by atoms with Crippen molar-refractivity contribution in [2.75, 3.05) is 11.9 Å². The van der Waals surface area contributed by atoms with Crippen molar-refractivity contribution in [3.05, 3.63) is 32.5 Å². The highest BCUT2D eigenvalue weighted by molar-refractivity contribution is 7.16. The molecule has 0 aliphatic carbocycles. The summed E-state index contributed by atoms with van der Waals surface area (Å²) in [4.78, 5) is 18.8. The highest BCUT2D eigenvalue weighted by Gasteiger charge is 2.12. The summed E-state index contributed by atoms with van der Waals surface area (Å²) in [6, 6.07) is 1.88. The summed E-state index contributed by atoms with van der Waals surface area (Å²) in [5.74, 6) is 5.57. The number of thiazole rings is 1. The average Bonchev–Trinajstić information content (AvgIpc) is 2.98. The molecule has 0 spiro atoms. The second kappa shape index (κ2) is 6.66. The number of nitrogens with zero attached hydrogens (tertiary/aromatic N) is 1. The molecule has 2 rings (SSSR count). The van der Waals surface area contributed by atoms with E-state index in [1.807, 2.05) is 19.9 Å². The number of aliphatic hydroxyl groups is 1. The molecule has 0 radical (unpaired) electrons. The first kappa shape index (κ1) is 14.7. The number of thiophene rings is 1. The highest BCUT2D eigenvalue weighted by Crippen LogP contribution is 2.23. The molecular formula is C14H14N2O2S2. The van der Waals surface area contributed by atoms with Gasteiger partial charge in [-0.3, -0.25) is 10.1 Å². The summed E-state index contributed by atoms with van der Waals surface area (Å²) >= 11 is 2.80. The van der Waals surface area contributed by atoms with Gasteiger partial charge in [0.05, 0.1) is 22.6 Å². The van der Waals surface area contributed by atoms with Crippen LogP contribution < -0.4 is 5.32 Å². The Labute approximate surface area is 125 Å². The number of aryl methyl sites for hydroxylation is 2. The van der Waals surface area contributed by atoms with Gasteiger partial charge in [-0.05, 0) is 25.5 Å². The first-order valence-corrected chi connectivity index (χ1v) is 7.67. The van der Waals surface area contributed by atoms with E-state index < -0.39 is 0 Å². The van der Waals surface area contributed by atoms with Gasteiger partial charge in [0.2, 0.25) is 0 Å². The Morgan fingerprint density at radius 3 is 2.90 bits per heavy atom. The van der Waals surface area contributed by atoms with Gasteiger partial charge in [0.15, 0.2) is 5.13 Å². The fraction of sp³-hybridized carbons (Fsp3) is 0.286. The van der Waals surface area contributed by atoms with Gasteiger partial charge in [0.25, 0.3) is 5.91 Å². The van der Waals surface area contributed by atoms with Crippen LogP contribution in [0.1, 0.15) is 31.4 Å². The van der Waals surface area contributed by atoms with E-state index in [9.17, 15) is 4.79 Å². The van der Waals surface area contributed by atoms with Crippen LogP contribution in [0.15, 0.2) is 12.3 Å². The summed E-state index contributed by atoms with van der Waals surface area (Å²) in [6.07, 6.45) is 2.06. The van der Waals surface area contributed by atoms with Crippen LogP contribution in [0.25, 0.3) is 0 Å². The topological polar surface area (TPSA) is 62.2 Å². The standard InChI is InChI=1S/C14H14N2O2S2/c1-9-7-12(19-10(9)2)13(18)16-14-15-8-11(20-14)5-3-4-6-17/h7-8,17H,4,6H2,1-2H3,(H,15,16,18). The van der Waals surface area contributed by atoms with Crippen molar-refractivity contribution < 1.29 is 9.90 Å². The Balaban J connectivity index is 2.03. The lowest BCUT2D eigenvalue weighted by Crippen LogP contribution is -2.09. The summed E-state index contributed by atoms with van der Waals surface area (Å²) in [5.41, 5.74) is 1.12. The molecule has 0 bridgehead atoms. The summed E-state index contributed by atoms with van der Waals surface area (Å²) < 4.78 is 0. The average molecular weight is 306 g/mol. The number of aliphatic hydroxyl groups excluding tert-OH is 1. The fourth-order valence-corrected chi connectivity index (χ4v) is 3.05. The minimum absolute atomic E-state index is 0.0481. The van der Waals surface area contributed by atoms with E-state index in [4.69, 9.17) is 5.11 Å². The van der Waals surface area contributed by atoms with E-state index in [1.165, 1.54) is 22.7 Å². The van der Waals surface area contributed by atoms with Gasteiger partial charge in [-0.25, -0.2) is 4.98 Å². The Morgan fingerprint density at radius 1 is 1.45 bits per heavy atom. The summed E-state index contributed by atoms with van der Waals surface area (Å²) in [7, 11) is 0.